The van der Waals surface area contributed by atoms with Crippen molar-refractivity contribution in [3.8, 4) is 11.4 Å². The Kier molecular flexibility index (Phi) is 2.31. The first-order valence-electron chi connectivity index (χ1n) is 4.09. The summed E-state index contributed by atoms with van der Waals surface area (Å²) in [6.07, 6.45) is 2.10. The van der Waals surface area contributed by atoms with Gasteiger partial charge >= 0.3 is 0 Å². The van der Waals surface area contributed by atoms with E-state index in [0.29, 0.717) is 5.82 Å². The Balaban J connectivity index is 2.46. The number of tetrazole rings is 1. The maximum atomic E-state index is 10.3. The highest BCUT2D eigenvalue weighted by molar-refractivity contribution is 5.66. The Hall–Kier alpha value is -2.04. The van der Waals surface area contributed by atoms with Crippen LogP contribution in [0.2, 0.25) is 0 Å². The smallest absolute Gasteiger partial charge is 0.203 e. The molecule has 0 aliphatic rings. The van der Waals surface area contributed by atoms with Crippen LogP contribution in [0.4, 0.5) is 0 Å². The molecule has 0 atom stereocenters. The van der Waals surface area contributed by atoms with E-state index in [4.69, 9.17) is 0 Å². The second-order valence-corrected chi connectivity index (χ2v) is 2.73. The third kappa shape index (κ3) is 1.52. The lowest BCUT2D eigenvalue weighted by molar-refractivity contribution is 0.555. The lowest BCUT2D eigenvalue weighted by Crippen LogP contribution is -1.92. The lowest BCUT2D eigenvalue weighted by atomic mass is 10.1. The van der Waals surface area contributed by atoms with Crippen LogP contribution >= 0.6 is 0 Å². The molecule has 2 aromatic rings. The molecule has 0 bridgehead atoms. The van der Waals surface area contributed by atoms with Gasteiger partial charge in [0, 0.05) is 12.0 Å². The molecule has 0 saturated carbocycles. The summed E-state index contributed by atoms with van der Waals surface area (Å²) >= 11 is 0. The summed E-state index contributed by atoms with van der Waals surface area (Å²) in [5.74, 6) is 0.566. The molecule has 1 radical (unpaired) electrons. The quantitative estimate of drug-likeness (QED) is 0.760. The molecular weight excluding hydrogens is 180 g/mol. The first-order chi connectivity index (χ1) is 6.92. The van der Waals surface area contributed by atoms with Crippen molar-refractivity contribution in [3.05, 3.63) is 29.8 Å². The SMILES string of the molecule is O=[C]Cc1ccccc1-c1nnn[nH]1. The second-order valence-electron chi connectivity index (χ2n) is 2.73. The Morgan fingerprint density at radius 1 is 1.36 bits per heavy atom. The summed E-state index contributed by atoms with van der Waals surface area (Å²) in [6.45, 7) is 0. The molecule has 5 heteroatoms. The molecule has 2 rings (SSSR count). The van der Waals surface area contributed by atoms with Crippen molar-refractivity contribution in [1.29, 1.82) is 0 Å². The van der Waals surface area contributed by atoms with Crippen molar-refractivity contribution in [2.24, 2.45) is 0 Å². The van der Waals surface area contributed by atoms with Crippen LogP contribution in [0.3, 0.4) is 0 Å². The van der Waals surface area contributed by atoms with Gasteiger partial charge in [0.05, 0.1) is 0 Å². The van der Waals surface area contributed by atoms with Crippen molar-refractivity contribution in [2.45, 2.75) is 6.42 Å². The zero-order chi connectivity index (χ0) is 9.80. The summed E-state index contributed by atoms with van der Waals surface area (Å²) in [5, 5.41) is 13.4. The topological polar surface area (TPSA) is 71.5 Å². The molecule has 0 saturated heterocycles. The number of carbonyl (C=O) groups excluding carboxylic acids is 1. The van der Waals surface area contributed by atoms with E-state index in [0.717, 1.165) is 11.1 Å². The van der Waals surface area contributed by atoms with E-state index in [1.807, 2.05) is 30.6 Å². The standard InChI is InChI=1S/C9H7N4O/c14-6-5-7-3-1-2-4-8(7)9-10-12-13-11-9/h1-4H,5H2,(H,10,11,12,13). The zero-order valence-corrected chi connectivity index (χ0v) is 7.27. The predicted molar refractivity (Wildman–Crippen MR) is 49.0 cm³/mol. The van der Waals surface area contributed by atoms with Gasteiger partial charge in [0.1, 0.15) is 0 Å². The van der Waals surface area contributed by atoms with Crippen LogP contribution in [0, 0.1) is 0 Å². The van der Waals surface area contributed by atoms with Crippen molar-refractivity contribution in [1.82, 2.24) is 20.6 Å². The van der Waals surface area contributed by atoms with E-state index < -0.39 is 0 Å². The number of hydrogen-bond acceptors (Lipinski definition) is 4. The van der Waals surface area contributed by atoms with E-state index in [1.165, 1.54) is 0 Å². The van der Waals surface area contributed by atoms with Crippen LogP contribution in [0.15, 0.2) is 24.3 Å². The molecule has 0 aliphatic carbocycles. The van der Waals surface area contributed by atoms with Gasteiger partial charge in [-0.2, -0.15) is 0 Å². The van der Waals surface area contributed by atoms with Crippen molar-refractivity contribution in [3.63, 3.8) is 0 Å². The van der Waals surface area contributed by atoms with E-state index in [9.17, 15) is 4.79 Å². The highest BCUT2D eigenvalue weighted by Crippen LogP contribution is 2.18. The number of aromatic amines is 1. The van der Waals surface area contributed by atoms with Gasteiger partial charge in [0.25, 0.3) is 0 Å². The fraction of sp³-hybridized carbons (Fsp3) is 0.111. The summed E-state index contributed by atoms with van der Waals surface area (Å²) in [4.78, 5) is 10.3. The highest BCUT2D eigenvalue weighted by atomic mass is 16.1. The minimum Gasteiger partial charge on any atom is -0.291 e. The van der Waals surface area contributed by atoms with Crippen molar-refractivity contribution in [2.75, 3.05) is 0 Å². The van der Waals surface area contributed by atoms with Gasteiger partial charge in [-0.15, -0.1) is 5.10 Å². The Morgan fingerprint density at radius 2 is 2.21 bits per heavy atom. The maximum Gasteiger partial charge on any atom is 0.203 e. The Bertz CT molecular complexity index is 424. The molecule has 1 aromatic heterocycles. The van der Waals surface area contributed by atoms with Gasteiger partial charge in [0.15, 0.2) is 5.82 Å². The molecule has 0 fully saturated rings. The number of aromatic nitrogens is 4. The lowest BCUT2D eigenvalue weighted by Gasteiger charge is -2.01. The van der Waals surface area contributed by atoms with E-state index in [1.54, 1.807) is 0 Å². The van der Waals surface area contributed by atoms with Crippen molar-refractivity contribution < 1.29 is 4.79 Å². The number of nitrogens with one attached hydrogen (secondary N) is 1. The first-order valence-corrected chi connectivity index (χ1v) is 4.09. The van der Waals surface area contributed by atoms with E-state index in [2.05, 4.69) is 20.6 Å². The molecule has 1 N–H and O–H groups in total. The number of nitrogens with zero attached hydrogens (tertiary/aromatic N) is 3. The predicted octanol–water partition coefficient (Wildman–Crippen LogP) is 0.519. The maximum absolute atomic E-state index is 10.3. The van der Waals surface area contributed by atoms with Crippen LogP contribution in [0.5, 0.6) is 0 Å². The molecule has 14 heavy (non-hydrogen) atoms. The fourth-order valence-corrected chi connectivity index (χ4v) is 1.26. The molecule has 0 unspecified atom stereocenters. The Morgan fingerprint density at radius 3 is 2.93 bits per heavy atom. The molecule has 0 amide bonds. The van der Waals surface area contributed by atoms with E-state index in [-0.39, 0.29) is 6.42 Å². The van der Waals surface area contributed by atoms with Gasteiger partial charge in [-0.25, -0.2) is 5.10 Å². The van der Waals surface area contributed by atoms with Gasteiger partial charge in [-0.05, 0) is 16.0 Å². The number of rotatable bonds is 3. The third-order valence-electron chi connectivity index (χ3n) is 1.88. The molecule has 69 valence electrons. The van der Waals surface area contributed by atoms with Gasteiger partial charge in [-0.1, -0.05) is 24.3 Å². The Labute approximate surface area is 80.2 Å². The number of H-pyrrole nitrogens is 1. The monoisotopic (exact) mass is 187 g/mol. The average molecular weight is 187 g/mol. The van der Waals surface area contributed by atoms with Gasteiger partial charge in [0.2, 0.25) is 6.29 Å². The third-order valence-corrected chi connectivity index (χ3v) is 1.88. The molecule has 5 nitrogen and oxygen atoms in total. The van der Waals surface area contributed by atoms with Crippen LogP contribution in [0.25, 0.3) is 11.4 Å². The average Bonchev–Trinajstić information content (AvgIpc) is 2.72. The minimum absolute atomic E-state index is 0.247. The summed E-state index contributed by atoms with van der Waals surface area (Å²) in [7, 11) is 0. The molecule has 1 heterocycles. The van der Waals surface area contributed by atoms with Crippen LogP contribution in [-0.4, -0.2) is 26.9 Å². The van der Waals surface area contributed by atoms with Crippen LogP contribution < -0.4 is 0 Å². The summed E-state index contributed by atoms with van der Waals surface area (Å²) in [5.41, 5.74) is 1.70. The van der Waals surface area contributed by atoms with Crippen LogP contribution in [0.1, 0.15) is 5.56 Å². The first kappa shape index (κ1) is 8.55. The van der Waals surface area contributed by atoms with Gasteiger partial charge in [-0.3, -0.25) is 4.79 Å². The summed E-state index contributed by atoms with van der Waals surface area (Å²) < 4.78 is 0. The van der Waals surface area contributed by atoms with E-state index >= 15 is 0 Å². The molecule has 1 aromatic carbocycles. The van der Waals surface area contributed by atoms with Crippen LogP contribution in [-0.2, 0) is 11.2 Å². The number of benzene rings is 1. The van der Waals surface area contributed by atoms with Gasteiger partial charge < -0.3 is 0 Å². The number of hydrogen-bond donors (Lipinski definition) is 1. The normalized spacial score (nSPS) is 10.0. The molecule has 0 spiro atoms. The van der Waals surface area contributed by atoms with Crippen molar-refractivity contribution >= 4 is 6.29 Å². The molecular formula is C9H7N4O. The second kappa shape index (κ2) is 3.78. The minimum atomic E-state index is 0.247. The summed E-state index contributed by atoms with van der Waals surface area (Å²) in [6, 6.07) is 7.43. The highest BCUT2D eigenvalue weighted by Gasteiger charge is 2.06. The molecule has 0 aliphatic heterocycles. The largest absolute Gasteiger partial charge is 0.291 e. The zero-order valence-electron chi connectivity index (χ0n) is 7.27. The fourth-order valence-electron chi connectivity index (χ4n) is 1.26.